The molecule has 7 nitrogen and oxygen atoms in total. The summed E-state index contributed by atoms with van der Waals surface area (Å²) in [6.45, 7) is 4.91. The SMILES string of the molecule is O=C(OCc1ccccc1)N1CCN(Cc2cc(Cc3ccc(NCCc4c[nH]c5ccccc45)cc3)ccn2)CC1. The average Bonchev–Trinajstić information content (AvgIpc) is 3.45. The molecule has 5 aromatic rings. The van der Waals surface area contributed by atoms with Crippen LogP contribution in [-0.4, -0.2) is 58.6 Å². The van der Waals surface area contributed by atoms with Gasteiger partial charge in [-0.15, -0.1) is 0 Å². The third kappa shape index (κ3) is 7.17. The van der Waals surface area contributed by atoms with E-state index in [-0.39, 0.29) is 6.09 Å². The van der Waals surface area contributed by atoms with Gasteiger partial charge < -0.3 is 19.9 Å². The fraction of sp³-hybridized carbons (Fsp3) is 0.257. The Hall–Kier alpha value is -4.62. The van der Waals surface area contributed by atoms with Crippen molar-refractivity contribution < 1.29 is 9.53 Å². The Kier molecular flexibility index (Phi) is 8.76. The summed E-state index contributed by atoms with van der Waals surface area (Å²) in [4.78, 5) is 24.6. The molecule has 1 aliphatic heterocycles. The number of fused-ring (bicyclic) bond motifs is 1. The van der Waals surface area contributed by atoms with Crippen LogP contribution in [0.25, 0.3) is 10.9 Å². The summed E-state index contributed by atoms with van der Waals surface area (Å²) in [5, 5.41) is 4.85. The zero-order valence-corrected chi connectivity index (χ0v) is 23.8. The van der Waals surface area contributed by atoms with Crippen molar-refractivity contribution in [2.75, 3.05) is 38.0 Å². The smallest absolute Gasteiger partial charge is 0.410 e. The van der Waals surface area contributed by atoms with Crippen LogP contribution < -0.4 is 5.32 Å². The van der Waals surface area contributed by atoms with E-state index >= 15 is 0 Å². The van der Waals surface area contributed by atoms with Crippen molar-refractivity contribution in [3.8, 4) is 0 Å². The first-order chi connectivity index (χ1) is 20.7. The van der Waals surface area contributed by atoms with Crippen molar-refractivity contribution in [3.05, 3.63) is 131 Å². The highest BCUT2D eigenvalue weighted by molar-refractivity contribution is 5.83. The molecule has 1 saturated heterocycles. The predicted molar refractivity (Wildman–Crippen MR) is 167 cm³/mol. The van der Waals surface area contributed by atoms with Crippen molar-refractivity contribution in [1.82, 2.24) is 19.8 Å². The standard InChI is InChI=1S/C35H37N5O2/c41-35(42-26-28-6-2-1-3-7-28)40-20-18-39(19-21-40)25-32-23-29(14-16-37-32)22-27-10-12-31(13-11-27)36-17-15-30-24-38-34-9-5-4-8-33(30)34/h1-14,16,23-24,36,38H,15,17-22,25-26H2. The van der Waals surface area contributed by atoms with Gasteiger partial charge in [0, 0.05) is 68.3 Å². The summed E-state index contributed by atoms with van der Waals surface area (Å²) < 4.78 is 5.50. The van der Waals surface area contributed by atoms with Gasteiger partial charge in [0.05, 0.1) is 5.69 Å². The molecular formula is C35H37N5O2. The Morgan fingerprint density at radius 3 is 2.48 bits per heavy atom. The molecule has 0 spiro atoms. The quantitative estimate of drug-likeness (QED) is 0.211. The number of benzene rings is 3. The second-order valence-electron chi connectivity index (χ2n) is 10.9. The van der Waals surface area contributed by atoms with E-state index in [1.54, 1.807) is 4.90 Å². The molecule has 0 saturated carbocycles. The second-order valence-corrected chi connectivity index (χ2v) is 10.9. The minimum Gasteiger partial charge on any atom is -0.445 e. The molecule has 2 N–H and O–H groups in total. The zero-order chi connectivity index (χ0) is 28.6. The lowest BCUT2D eigenvalue weighted by Gasteiger charge is -2.33. The van der Waals surface area contributed by atoms with Gasteiger partial charge in [-0.25, -0.2) is 4.79 Å². The fourth-order valence-electron chi connectivity index (χ4n) is 5.51. The monoisotopic (exact) mass is 559 g/mol. The number of para-hydroxylation sites is 1. The Morgan fingerprint density at radius 1 is 0.857 bits per heavy atom. The molecule has 214 valence electrons. The maximum Gasteiger partial charge on any atom is 0.410 e. The summed E-state index contributed by atoms with van der Waals surface area (Å²) in [5.74, 6) is 0. The molecule has 2 aromatic heterocycles. The minimum atomic E-state index is -0.242. The number of nitrogens with zero attached hydrogens (tertiary/aromatic N) is 3. The largest absolute Gasteiger partial charge is 0.445 e. The molecule has 1 aliphatic rings. The van der Waals surface area contributed by atoms with Crippen LogP contribution in [0, 0.1) is 0 Å². The van der Waals surface area contributed by atoms with Crippen LogP contribution in [0.4, 0.5) is 10.5 Å². The maximum atomic E-state index is 12.5. The highest BCUT2D eigenvalue weighted by atomic mass is 16.6. The van der Waals surface area contributed by atoms with Crippen molar-refractivity contribution >= 4 is 22.7 Å². The number of H-pyrrole nitrogens is 1. The van der Waals surface area contributed by atoms with E-state index in [1.807, 2.05) is 36.5 Å². The highest BCUT2D eigenvalue weighted by Gasteiger charge is 2.22. The topological polar surface area (TPSA) is 73.5 Å². The average molecular weight is 560 g/mol. The number of carbonyl (C=O) groups is 1. The fourth-order valence-corrected chi connectivity index (χ4v) is 5.51. The van der Waals surface area contributed by atoms with Gasteiger partial charge in [0.15, 0.2) is 0 Å². The number of rotatable bonds is 10. The van der Waals surface area contributed by atoms with Crippen molar-refractivity contribution in [1.29, 1.82) is 0 Å². The molecular weight excluding hydrogens is 522 g/mol. The molecule has 1 amide bonds. The van der Waals surface area contributed by atoms with Crippen LogP contribution in [0.2, 0.25) is 0 Å². The first kappa shape index (κ1) is 27.5. The van der Waals surface area contributed by atoms with E-state index in [1.165, 1.54) is 27.6 Å². The number of ether oxygens (including phenoxy) is 1. The number of aromatic nitrogens is 2. The summed E-state index contributed by atoms with van der Waals surface area (Å²) in [6, 6.07) is 31.3. The molecule has 42 heavy (non-hydrogen) atoms. The Morgan fingerprint density at radius 2 is 1.64 bits per heavy atom. The first-order valence-electron chi connectivity index (χ1n) is 14.7. The van der Waals surface area contributed by atoms with Gasteiger partial charge in [0.25, 0.3) is 0 Å². The van der Waals surface area contributed by atoms with Crippen LogP contribution in [0.5, 0.6) is 0 Å². The third-order valence-electron chi connectivity index (χ3n) is 7.86. The number of amides is 1. The van der Waals surface area contributed by atoms with E-state index in [0.717, 1.165) is 56.0 Å². The molecule has 0 atom stereocenters. The van der Waals surface area contributed by atoms with Crippen molar-refractivity contribution in [2.45, 2.75) is 26.0 Å². The third-order valence-corrected chi connectivity index (χ3v) is 7.86. The first-order valence-corrected chi connectivity index (χ1v) is 14.7. The molecule has 0 radical (unpaired) electrons. The molecule has 0 bridgehead atoms. The molecule has 6 rings (SSSR count). The second kappa shape index (κ2) is 13.4. The number of hydrogen-bond donors (Lipinski definition) is 2. The molecule has 0 unspecified atom stereocenters. The lowest BCUT2D eigenvalue weighted by atomic mass is 10.0. The van der Waals surface area contributed by atoms with Gasteiger partial charge >= 0.3 is 6.09 Å². The molecule has 0 aliphatic carbocycles. The number of aromatic amines is 1. The highest BCUT2D eigenvalue weighted by Crippen LogP contribution is 2.19. The van der Waals surface area contributed by atoms with Crippen LogP contribution in [0.15, 0.2) is 103 Å². The number of carbonyl (C=O) groups excluding carboxylic acids is 1. The summed E-state index contributed by atoms with van der Waals surface area (Å²) in [6.07, 6.45) is 5.62. The van der Waals surface area contributed by atoms with Crippen LogP contribution >= 0.6 is 0 Å². The van der Waals surface area contributed by atoms with E-state index in [0.29, 0.717) is 19.7 Å². The summed E-state index contributed by atoms with van der Waals surface area (Å²) in [5.41, 5.74) is 8.25. The summed E-state index contributed by atoms with van der Waals surface area (Å²) in [7, 11) is 0. The van der Waals surface area contributed by atoms with E-state index in [2.05, 4.69) is 87.0 Å². The lowest BCUT2D eigenvalue weighted by molar-refractivity contribution is 0.0698. The number of pyridine rings is 1. The van der Waals surface area contributed by atoms with Crippen LogP contribution in [-0.2, 0) is 30.7 Å². The van der Waals surface area contributed by atoms with E-state index < -0.39 is 0 Å². The normalized spacial score (nSPS) is 13.8. The number of hydrogen-bond acceptors (Lipinski definition) is 5. The van der Waals surface area contributed by atoms with Gasteiger partial charge in [0.1, 0.15) is 6.61 Å². The predicted octanol–water partition coefficient (Wildman–Crippen LogP) is 6.26. The molecule has 1 fully saturated rings. The van der Waals surface area contributed by atoms with Gasteiger partial charge in [0.2, 0.25) is 0 Å². The van der Waals surface area contributed by atoms with E-state index in [9.17, 15) is 4.79 Å². The molecule has 3 heterocycles. The zero-order valence-electron chi connectivity index (χ0n) is 23.8. The van der Waals surface area contributed by atoms with Gasteiger partial charge in [-0.1, -0.05) is 60.7 Å². The molecule has 3 aromatic carbocycles. The van der Waals surface area contributed by atoms with Crippen LogP contribution in [0.1, 0.15) is 27.9 Å². The molecule has 7 heteroatoms. The number of anilines is 1. The maximum absolute atomic E-state index is 12.5. The summed E-state index contributed by atoms with van der Waals surface area (Å²) >= 11 is 0. The van der Waals surface area contributed by atoms with Gasteiger partial charge in [-0.2, -0.15) is 0 Å². The number of nitrogens with one attached hydrogen (secondary N) is 2. The van der Waals surface area contributed by atoms with Gasteiger partial charge in [-0.05, 0) is 65.4 Å². The van der Waals surface area contributed by atoms with E-state index in [4.69, 9.17) is 4.74 Å². The Labute approximate surface area is 247 Å². The lowest BCUT2D eigenvalue weighted by Crippen LogP contribution is -2.48. The Bertz CT molecular complexity index is 1590. The van der Waals surface area contributed by atoms with Gasteiger partial charge in [-0.3, -0.25) is 9.88 Å². The van der Waals surface area contributed by atoms with Crippen molar-refractivity contribution in [3.63, 3.8) is 0 Å². The van der Waals surface area contributed by atoms with Crippen molar-refractivity contribution in [2.24, 2.45) is 0 Å². The number of piperazine rings is 1. The Balaban J connectivity index is 0.943. The minimum absolute atomic E-state index is 0.242. The van der Waals surface area contributed by atoms with Crippen LogP contribution in [0.3, 0.4) is 0 Å².